The van der Waals surface area contributed by atoms with E-state index < -0.39 is 0 Å². The molecule has 0 radical (unpaired) electrons. The van der Waals surface area contributed by atoms with Crippen LogP contribution in [0.25, 0.3) is 0 Å². The van der Waals surface area contributed by atoms with Crippen LogP contribution in [0.5, 0.6) is 0 Å². The quantitative estimate of drug-likeness (QED) is 0.0364. The van der Waals surface area contributed by atoms with E-state index in [1.807, 2.05) is 0 Å². The minimum Gasteiger partial charge on any atom is -0.316 e. The van der Waals surface area contributed by atoms with Gasteiger partial charge in [0.1, 0.15) is 13.1 Å². The Morgan fingerprint density at radius 1 is 0.302 bits per heavy atom. The minimum absolute atomic E-state index is 1.17. The first-order valence-electron chi connectivity index (χ1n) is 23.4. The molecule has 0 spiro atoms. The van der Waals surface area contributed by atoms with Crippen LogP contribution in [0.1, 0.15) is 217 Å². The largest absolute Gasteiger partial charge is 0.316 e. The summed E-state index contributed by atoms with van der Waals surface area (Å²) in [5.41, 5.74) is 3.02. The number of hydrogen-bond acceptors (Lipinski definition) is 0. The Morgan fingerprint density at radius 2 is 0.528 bits per heavy atom. The van der Waals surface area contributed by atoms with Crippen molar-refractivity contribution in [1.82, 2.24) is 0 Å². The van der Waals surface area contributed by atoms with Crippen LogP contribution in [0, 0.1) is 0 Å². The molecule has 0 amide bonds. The van der Waals surface area contributed by atoms with Gasteiger partial charge in [-0.15, -0.1) is 13.2 Å². The van der Waals surface area contributed by atoms with Gasteiger partial charge in [0, 0.05) is 11.1 Å². The third-order valence-electron chi connectivity index (χ3n) is 11.8. The van der Waals surface area contributed by atoms with Gasteiger partial charge in [-0.3, -0.25) is 0 Å². The summed E-state index contributed by atoms with van der Waals surface area (Å²) < 4.78 is 1.22. The molecule has 1 nitrogen and oxygen atoms in total. The van der Waals surface area contributed by atoms with Crippen molar-refractivity contribution in [1.29, 1.82) is 0 Å². The van der Waals surface area contributed by atoms with Crippen LogP contribution in [-0.4, -0.2) is 17.6 Å². The Morgan fingerprint density at radius 3 is 0.774 bits per heavy atom. The van der Waals surface area contributed by atoms with Crippen LogP contribution >= 0.6 is 0 Å². The summed E-state index contributed by atoms with van der Waals surface area (Å²) in [5.74, 6) is 0. The molecule has 0 fully saturated rings. The number of hydrogen-bond donors (Lipinski definition) is 0. The number of rotatable bonds is 40. The Hall–Kier alpha value is -2.12. The van der Waals surface area contributed by atoms with Crippen molar-refractivity contribution in [2.75, 3.05) is 13.1 Å². The van der Waals surface area contributed by atoms with Crippen molar-refractivity contribution in [3.8, 4) is 0 Å². The highest BCUT2D eigenvalue weighted by atomic mass is 15.3. The third kappa shape index (κ3) is 28.0. The van der Waals surface area contributed by atoms with Gasteiger partial charge in [0.15, 0.2) is 0 Å². The SMILES string of the molecule is C=CCCCCCCCCCCCCCCCCC[N+](CCCCCCCCCCCCCCCCCC=C)(Cc1ccccc1)Cc1ccccc1. The van der Waals surface area contributed by atoms with E-state index in [1.54, 1.807) is 0 Å². The predicted molar refractivity (Wildman–Crippen MR) is 238 cm³/mol. The van der Waals surface area contributed by atoms with E-state index in [0.717, 1.165) is 0 Å². The summed E-state index contributed by atoms with van der Waals surface area (Å²) in [6.45, 7) is 12.6. The van der Waals surface area contributed by atoms with E-state index in [1.165, 1.54) is 247 Å². The fraction of sp³-hybridized carbons (Fsp3) is 0.692. The van der Waals surface area contributed by atoms with Crippen molar-refractivity contribution in [3.63, 3.8) is 0 Å². The first kappa shape index (κ1) is 47.0. The van der Waals surface area contributed by atoms with E-state index in [-0.39, 0.29) is 0 Å². The summed E-state index contributed by atoms with van der Waals surface area (Å²) >= 11 is 0. The van der Waals surface area contributed by atoms with Crippen molar-refractivity contribution < 1.29 is 4.48 Å². The first-order chi connectivity index (χ1) is 26.3. The summed E-state index contributed by atoms with van der Waals surface area (Å²) in [6.07, 6.45) is 49.2. The van der Waals surface area contributed by atoms with Crippen LogP contribution in [0.4, 0.5) is 0 Å². The Bertz CT molecular complexity index is 956. The summed E-state index contributed by atoms with van der Waals surface area (Å²) in [6, 6.07) is 22.8. The molecule has 2 aromatic rings. The second kappa shape index (κ2) is 35.6. The van der Waals surface area contributed by atoms with Crippen molar-refractivity contribution in [2.45, 2.75) is 219 Å². The van der Waals surface area contributed by atoms with Crippen molar-refractivity contribution in [2.24, 2.45) is 0 Å². The molecule has 0 bridgehead atoms. The maximum atomic E-state index is 3.83. The van der Waals surface area contributed by atoms with Gasteiger partial charge < -0.3 is 4.48 Å². The summed E-state index contributed by atoms with van der Waals surface area (Å²) in [5, 5.41) is 0. The maximum absolute atomic E-state index is 3.83. The number of nitrogens with zero attached hydrogens (tertiary/aromatic N) is 1. The van der Waals surface area contributed by atoms with Crippen LogP contribution in [-0.2, 0) is 13.1 Å². The van der Waals surface area contributed by atoms with E-state index in [2.05, 4.69) is 86.0 Å². The van der Waals surface area contributed by atoms with Crippen LogP contribution in [0.15, 0.2) is 86.0 Å². The first-order valence-corrected chi connectivity index (χ1v) is 23.4. The second-order valence-electron chi connectivity index (χ2n) is 16.8. The molecule has 0 aliphatic heterocycles. The molecule has 53 heavy (non-hydrogen) atoms. The molecule has 0 saturated carbocycles. The van der Waals surface area contributed by atoms with Gasteiger partial charge in [-0.2, -0.15) is 0 Å². The van der Waals surface area contributed by atoms with Gasteiger partial charge in [-0.25, -0.2) is 0 Å². The van der Waals surface area contributed by atoms with E-state index >= 15 is 0 Å². The highest BCUT2D eigenvalue weighted by molar-refractivity contribution is 5.15. The Balaban J connectivity index is 1.65. The molecule has 0 atom stereocenters. The number of benzene rings is 2. The molecule has 0 aliphatic rings. The average Bonchev–Trinajstić information content (AvgIpc) is 3.18. The zero-order valence-corrected chi connectivity index (χ0v) is 35.2. The van der Waals surface area contributed by atoms with Gasteiger partial charge in [-0.05, 0) is 51.4 Å². The third-order valence-corrected chi connectivity index (χ3v) is 11.8. The molecule has 0 aliphatic carbocycles. The summed E-state index contributed by atoms with van der Waals surface area (Å²) in [7, 11) is 0. The topological polar surface area (TPSA) is 0 Å². The zero-order valence-electron chi connectivity index (χ0n) is 35.2. The molecule has 0 heterocycles. The lowest BCUT2D eigenvalue weighted by atomic mass is 10.0. The van der Waals surface area contributed by atoms with Gasteiger partial charge in [0.25, 0.3) is 0 Å². The maximum Gasteiger partial charge on any atom is 0.105 e. The lowest BCUT2D eigenvalue weighted by molar-refractivity contribution is -0.954. The molecule has 300 valence electrons. The van der Waals surface area contributed by atoms with Crippen molar-refractivity contribution >= 4 is 0 Å². The average molecular weight is 727 g/mol. The lowest BCUT2D eigenvalue weighted by Crippen LogP contribution is -2.48. The van der Waals surface area contributed by atoms with E-state index in [0.29, 0.717) is 0 Å². The van der Waals surface area contributed by atoms with Gasteiger partial charge in [-0.1, -0.05) is 227 Å². The molecule has 2 aromatic carbocycles. The number of quaternary nitrogens is 1. The van der Waals surface area contributed by atoms with Crippen molar-refractivity contribution in [3.05, 3.63) is 97.1 Å². The molecule has 0 saturated heterocycles. The molecular formula is C52H88N+. The fourth-order valence-electron chi connectivity index (χ4n) is 8.49. The smallest absolute Gasteiger partial charge is 0.105 e. The Labute approximate surface area is 332 Å². The summed E-state index contributed by atoms with van der Waals surface area (Å²) in [4.78, 5) is 0. The van der Waals surface area contributed by atoms with Gasteiger partial charge in [0.05, 0.1) is 13.1 Å². The molecule has 0 N–H and O–H groups in total. The van der Waals surface area contributed by atoms with Gasteiger partial charge in [0.2, 0.25) is 0 Å². The molecule has 0 aromatic heterocycles. The molecule has 2 rings (SSSR count). The lowest BCUT2D eigenvalue weighted by Gasteiger charge is -2.39. The highest BCUT2D eigenvalue weighted by Crippen LogP contribution is 2.25. The van der Waals surface area contributed by atoms with Crippen LogP contribution in [0.3, 0.4) is 0 Å². The molecule has 1 heteroatoms. The van der Waals surface area contributed by atoms with E-state index in [9.17, 15) is 0 Å². The fourth-order valence-corrected chi connectivity index (χ4v) is 8.49. The van der Waals surface area contributed by atoms with Crippen LogP contribution in [0.2, 0.25) is 0 Å². The number of allylic oxidation sites excluding steroid dienone is 2. The second-order valence-corrected chi connectivity index (χ2v) is 16.8. The van der Waals surface area contributed by atoms with Crippen LogP contribution < -0.4 is 0 Å². The standard InChI is InChI=1S/C52H88N/c1-3-5-7-9-11-13-15-17-19-21-23-25-27-29-31-33-41-47-53(49-51-43-37-35-38-44-51,50-52-45-39-36-40-46-52)48-42-34-32-30-28-26-24-22-20-18-16-14-12-10-8-6-4-2/h3-4,35-40,43-46H,1-2,5-34,41-42,47-50H2/q+1. The predicted octanol–water partition coefficient (Wildman–Crippen LogP) is 17.1. The zero-order chi connectivity index (χ0) is 37.6. The minimum atomic E-state index is 1.17. The molecular weight excluding hydrogens is 639 g/mol. The van der Waals surface area contributed by atoms with E-state index in [4.69, 9.17) is 0 Å². The normalized spacial score (nSPS) is 11.6. The highest BCUT2D eigenvalue weighted by Gasteiger charge is 2.27. The van der Waals surface area contributed by atoms with Gasteiger partial charge >= 0.3 is 0 Å². The molecule has 0 unspecified atom stereocenters. The number of unbranched alkanes of at least 4 members (excludes halogenated alkanes) is 30. The Kier molecular flexibility index (Phi) is 31.6. The monoisotopic (exact) mass is 727 g/mol.